The minimum atomic E-state index is -0.0416. The summed E-state index contributed by atoms with van der Waals surface area (Å²) in [4.78, 5) is 19.1. The molecule has 3 aromatic rings. The average Bonchev–Trinajstić information content (AvgIpc) is 3.16. The minimum absolute atomic E-state index is 0.0416. The largest absolute Gasteiger partial charge is 0.497 e. The number of nitrogens with one attached hydrogen (secondary N) is 1. The molecular weight excluding hydrogens is 378 g/mol. The molecule has 0 aliphatic carbocycles. The molecule has 0 atom stereocenters. The molecule has 0 unspecified atom stereocenters. The van der Waals surface area contributed by atoms with Gasteiger partial charge in [0.05, 0.1) is 18.5 Å². The third-order valence-electron chi connectivity index (χ3n) is 5.57. The number of hydrogen-bond donors (Lipinski definition) is 1. The smallest absolute Gasteiger partial charge is 0.251 e. The Balaban J connectivity index is 1.31. The monoisotopic (exact) mass is 405 g/mol. The van der Waals surface area contributed by atoms with Gasteiger partial charge < -0.3 is 10.1 Å². The van der Waals surface area contributed by atoms with Crippen molar-refractivity contribution < 1.29 is 9.53 Å². The number of nitrogens with zero attached hydrogens (tertiary/aromatic N) is 4. The number of benzene rings is 1. The summed E-state index contributed by atoms with van der Waals surface area (Å²) in [7, 11) is 3.59. The molecule has 1 saturated heterocycles. The highest BCUT2D eigenvalue weighted by atomic mass is 16.5. The number of aryl methyl sites for hydroxylation is 1. The molecule has 1 aromatic carbocycles. The van der Waals surface area contributed by atoms with Crippen molar-refractivity contribution >= 4 is 5.91 Å². The number of amides is 1. The van der Waals surface area contributed by atoms with E-state index in [0.717, 1.165) is 43.7 Å². The fourth-order valence-electron chi connectivity index (χ4n) is 3.81. The van der Waals surface area contributed by atoms with E-state index in [1.165, 1.54) is 5.69 Å². The third-order valence-corrected chi connectivity index (χ3v) is 5.57. The van der Waals surface area contributed by atoms with Crippen LogP contribution in [-0.2, 0) is 13.6 Å². The molecule has 0 saturated carbocycles. The molecule has 1 N–H and O–H groups in total. The zero-order chi connectivity index (χ0) is 20.9. The van der Waals surface area contributed by atoms with Gasteiger partial charge in [-0.05, 0) is 49.2 Å². The highest BCUT2D eigenvalue weighted by Gasteiger charge is 2.22. The number of hydrogen-bond acceptors (Lipinski definition) is 5. The van der Waals surface area contributed by atoms with E-state index in [9.17, 15) is 4.79 Å². The number of methoxy groups -OCH3 is 1. The van der Waals surface area contributed by atoms with Crippen molar-refractivity contribution in [1.29, 1.82) is 0 Å². The van der Waals surface area contributed by atoms with Crippen molar-refractivity contribution in [2.45, 2.75) is 25.4 Å². The number of pyridine rings is 1. The standard InChI is InChI=1S/C23H27N5O2/c1-27-20(14-22(26-27)18-6-4-10-24-15-18)16-28-11-8-19(9-12-28)25-23(29)17-5-3-7-21(13-17)30-2/h3-7,10,13-15,19H,8-9,11-12,16H2,1-2H3,(H,25,29). The Morgan fingerprint density at radius 1 is 1.20 bits per heavy atom. The lowest BCUT2D eigenvalue weighted by molar-refractivity contribution is 0.0908. The second kappa shape index (κ2) is 9.09. The van der Waals surface area contributed by atoms with Crippen molar-refractivity contribution in [2.24, 2.45) is 7.05 Å². The van der Waals surface area contributed by atoms with Gasteiger partial charge in [0, 0.05) is 56.2 Å². The average molecular weight is 406 g/mol. The van der Waals surface area contributed by atoms with Crippen LogP contribution in [-0.4, -0.2) is 51.8 Å². The lowest BCUT2D eigenvalue weighted by atomic mass is 10.0. The first-order chi connectivity index (χ1) is 14.6. The van der Waals surface area contributed by atoms with Crippen LogP contribution in [0.3, 0.4) is 0 Å². The molecule has 1 aliphatic heterocycles. The van der Waals surface area contributed by atoms with Gasteiger partial charge in [-0.2, -0.15) is 5.10 Å². The van der Waals surface area contributed by atoms with Gasteiger partial charge in [0.2, 0.25) is 0 Å². The lowest BCUT2D eigenvalue weighted by Crippen LogP contribution is -2.44. The second-order valence-corrected chi connectivity index (χ2v) is 7.64. The summed E-state index contributed by atoms with van der Waals surface area (Å²) >= 11 is 0. The first-order valence-electron chi connectivity index (χ1n) is 10.2. The van der Waals surface area contributed by atoms with E-state index in [2.05, 4.69) is 26.4 Å². The van der Waals surface area contributed by atoms with Crippen LogP contribution in [0.2, 0.25) is 0 Å². The first-order valence-corrected chi connectivity index (χ1v) is 10.2. The fraction of sp³-hybridized carbons (Fsp3) is 0.348. The zero-order valence-corrected chi connectivity index (χ0v) is 17.4. The zero-order valence-electron chi connectivity index (χ0n) is 17.4. The SMILES string of the molecule is COc1cccc(C(=O)NC2CCN(Cc3cc(-c4cccnc4)nn3C)CC2)c1. The summed E-state index contributed by atoms with van der Waals surface area (Å²) in [5, 5.41) is 7.79. The molecule has 7 nitrogen and oxygen atoms in total. The van der Waals surface area contributed by atoms with Gasteiger partial charge in [-0.15, -0.1) is 0 Å². The topological polar surface area (TPSA) is 72.3 Å². The van der Waals surface area contributed by atoms with Gasteiger partial charge in [-0.3, -0.25) is 19.4 Å². The summed E-state index contributed by atoms with van der Waals surface area (Å²) in [6.07, 6.45) is 5.47. The number of aromatic nitrogens is 3. The number of carbonyl (C=O) groups is 1. The van der Waals surface area contributed by atoms with E-state index in [0.29, 0.717) is 11.3 Å². The summed E-state index contributed by atoms with van der Waals surface area (Å²) in [6.45, 7) is 2.73. The van der Waals surface area contributed by atoms with Crippen LogP contribution in [0.25, 0.3) is 11.3 Å². The minimum Gasteiger partial charge on any atom is -0.497 e. The Morgan fingerprint density at radius 2 is 2.03 bits per heavy atom. The van der Waals surface area contributed by atoms with Gasteiger partial charge in [0.1, 0.15) is 5.75 Å². The molecule has 156 valence electrons. The van der Waals surface area contributed by atoms with Gasteiger partial charge in [0.25, 0.3) is 5.91 Å². The normalized spacial score (nSPS) is 15.1. The van der Waals surface area contributed by atoms with Crippen LogP contribution in [0.4, 0.5) is 0 Å². The van der Waals surface area contributed by atoms with E-state index in [-0.39, 0.29) is 11.9 Å². The molecule has 2 aromatic heterocycles. The number of carbonyl (C=O) groups excluding carboxylic acids is 1. The fourth-order valence-corrected chi connectivity index (χ4v) is 3.81. The van der Waals surface area contributed by atoms with Gasteiger partial charge in [-0.25, -0.2) is 0 Å². The number of ether oxygens (including phenoxy) is 1. The molecular formula is C23H27N5O2. The van der Waals surface area contributed by atoms with Crippen molar-refractivity contribution in [3.05, 3.63) is 66.1 Å². The van der Waals surface area contributed by atoms with E-state index >= 15 is 0 Å². The lowest BCUT2D eigenvalue weighted by Gasteiger charge is -2.32. The predicted octanol–water partition coefficient (Wildman–Crippen LogP) is 2.89. The Kier molecular flexibility index (Phi) is 6.09. The van der Waals surface area contributed by atoms with Gasteiger partial charge in [-0.1, -0.05) is 6.07 Å². The van der Waals surface area contributed by atoms with Crippen LogP contribution < -0.4 is 10.1 Å². The summed E-state index contributed by atoms with van der Waals surface area (Å²) in [6, 6.07) is 13.5. The Labute approximate surface area is 176 Å². The molecule has 7 heteroatoms. The maximum Gasteiger partial charge on any atom is 0.251 e. The van der Waals surface area contributed by atoms with Crippen LogP contribution in [0, 0.1) is 0 Å². The predicted molar refractivity (Wildman–Crippen MR) is 115 cm³/mol. The quantitative estimate of drug-likeness (QED) is 0.683. The first kappa shape index (κ1) is 20.1. The van der Waals surface area contributed by atoms with Crippen LogP contribution in [0.1, 0.15) is 28.9 Å². The molecule has 4 rings (SSSR count). The molecule has 1 aliphatic rings. The maximum atomic E-state index is 12.5. The number of rotatable bonds is 6. The molecule has 0 spiro atoms. The van der Waals surface area contributed by atoms with Crippen LogP contribution in [0.15, 0.2) is 54.9 Å². The molecule has 0 radical (unpaired) electrons. The van der Waals surface area contributed by atoms with Crippen molar-refractivity contribution in [1.82, 2.24) is 25.0 Å². The summed E-state index contributed by atoms with van der Waals surface area (Å²) in [5.41, 5.74) is 3.78. The third kappa shape index (κ3) is 4.68. The number of piperidine rings is 1. The highest BCUT2D eigenvalue weighted by Crippen LogP contribution is 2.20. The summed E-state index contributed by atoms with van der Waals surface area (Å²) < 4.78 is 7.15. The van der Waals surface area contributed by atoms with Crippen molar-refractivity contribution in [2.75, 3.05) is 20.2 Å². The molecule has 0 bridgehead atoms. The Morgan fingerprint density at radius 3 is 2.77 bits per heavy atom. The van der Waals surface area contributed by atoms with Gasteiger partial charge >= 0.3 is 0 Å². The van der Waals surface area contributed by atoms with Crippen LogP contribution in [0.5, 0.6) is 5.75 Å². The van der Waals surface area contributed by atoms with Crippen LogP contribution >= 0.6 is 0 Å². The summed E-state index contributed by atoms with van der Waals surface area (Å²) in [5.74, 6) is 0.652. The molecule has 30 heavy (non-hydrogen) atoms. The Hall–Kier alpha value is -3.19. The van der Waals surface area contributed by atoms with Crippen molar-refractivity contribution in [3.8, 4) is 17.0 Å². The number of likely N-dealkylation sites (tertiary alicyclic amines) is 1. The molecule has 3 heterocycles. The van der Waals surface area contributed by atoms with E-state index in [4.69, 9.17) is 4.74 Å². The van der Waals surface area contributed by atoms with E-state index < -0.39 is 0 Å². The molecule has 1 fully saturated rings. The Bertz CT molecular complexity index is 994. The van der Waals surface area contributed by atoms with Gasteiger partial charge in [0.15, 0.2) is 0 Å². The van der Waals surface area contributed by atoms with Crippen molar-refractivity contribution in [3.63, 3.8) is 0 Å². The molecule has 1 amide bonds. The van der Waals surface area contributed by atoms with E-state index in [1.807, 2.05) is 48.3 Å². The highest BCUT2D eigenvalue weighted by molar-refractivity contribution is 5.94. The van der Waals surface area contributed by atoms with E-state index in [1.54, 1.807) is 19.4 Å². The maximum absolute atomic E-state index is 12.5. The second-order valence-electron chi connectivity index (χ2n) is 7.64.